The summed E-state index contributed by atoms with van der Waals surface area (Å²) in [5, 5.41) is 0. The number of Topliss-reactive ketones (excluding diaryl/α,β-unsaturated/α-hetero) is 1. The molecule has 2 aromatic heterocycles. The number of rotatable bonds is 9. The van der Waals surface area contributed by atoms with Gasteiger partial charge in [0.15, 0.2) is 18.1 Å². The van der Waals surface area contributed by atoms with E-state index in [0.29, 0.717) is 36.6 Å². The van der Waals surface area contributed by atoms with E-state index in [0.717, 1.165) is 16.9 Å². The molecule has 7 nitrogen and oxygen atoms in total. The zero-order valence-electron chi connectivity index (χ0n) is 16.4. The molecule has 3 rings (SSSR count). The number of benzene rings is 1. The zero-order chi connectivity index (χ0) is 20.1. The fraction of sp³-hybridized carbons (Fsp3) is 0.381. The summed E-state index contributed by atoms with van der Waals surface area (Å²) in [6.45, 7) is 4.78. The van der Waals surface area contributed by atoms with Crippen LogP contribution in [0, 0.1) is 13.8 Å². The first-order valence-electron chi connectivity index (χ1n) is 9.18. The van der Waals surface area contributed by atoms with Gasteiger partial charge in [-0.25, -0.2) is 4.98 Å². The summed E-state index contributed by atoms with van der Waals surface area (Å²) in [5.74, 6) is -0.193. The van der Waals surface area contributed by atoms with Gasteiger partial charge in [-0.15, -0.1) is 0 Å². The predicted octanol–water partition coefficient (Wildman–Crippen LogP) is 3.25. The average Bonchev–Trinajstić information content (AvgIpc) is 3.23. The Morgan fingerprint density at radius 2 is 2.00 bits per heavy atom. The van der Waals surface area contributed by atoms with Gasteiger partial charge in [0.05, 0.1) is 13.0 Å². The van der Waals surface area contributed by atoms with E-state index in [-0.39, 0.29) is 18.8 Å². The maximum absolute atomic E-state index is 12.4. The molecule has 0 aliphatic heterocycles. The second kappa shape index (κ2) is 8.84. The number of aryl methyl sites for hydroxylation is 2. The van der Waals surface area contributed by atoms with Crippen LogP contribution in [0.4, 0.5) is 0 Å². The lowest BCUT2D eigenvalue weighted by Crippen LogP contribution is -2.15. The van der Waals surface area contributed by atoms with Crippen molar-refractivity contribution in [2.75, 3.05) is 20.3 Å². The van der Waals surface area contributed by atoms with Crippen LogP contribution in [0.5, 0.6) is 0 Å². The summed E-state index contributed by atoms with van der Waals surface area (Å²) >= 11 is 0. The van der Waals surface area contributed by atoms with Gasteiger partial charge in [0.2, 0.25) is 5.78 Å². The Bertz CT molecular complexity index is 953. The molecular weight excluding hydrogens is 360 g/mol. The molecule has 3 aromatic rings. The zero-order valence-corrected chi connectivity index (χ0v) is 16.4. The fourth-order valence-corrected chi connectivity index (χ4v) is 3.14. The average molecular weight is 384 g/mol. The molecule has 0 bridgehead atoms. The highest BCUT2D eigenvalue weighted by atomic mass is 16.5. The first-order valence-corrected chi connectivity index (χ1v) is 9.18. The smallest absolute Gasteiger partial charge is 0.306 e. The van der Waals surface area contributed by atoms with Gasteiger partial charge >= 0.3 is 5.97 Å². The van der Waals surface area contributed by atoms with Crippen molar-refractivity contribution >= 4 is 22.9 Å². The summed E-state index contributed by atoms with van der Waals surface area (Å²) in [6.07, 6.45) is 0.431. The lowest BCUT2D eigenvalue weighted by atomic mass is 10.1. The standard InChI is InChI=1S/C21H24N2O5/c1-14-12-16(15(2)23(14)10-11-26-3)18(24)13-27-21(25)9-8-20-22-17-6-4-5-7-19(17)28-20/h4-7,12H,8-11,13H2,1-3H3. The van der Waals surface area contributed by atoms with Gasteiger partial charge in [-0.2, -0.15) is 0 Å². The van der Waals surface area contributed by atoms with Crippen molar-refractivity contribution in [3.8, 4) is 0 Å². The van der Waals surface area contributed by atoms with Crippen LogP contribution in [-0.2, 0) is 27.2 Å². The molecule has 0 spiro atoms. The van der Waals surface area contributed by atoms with E-state index >= 15 is 0 Å². The second-order valence-electron chi connectivity index (χ2n) is 6.59. The fourth-order valence-electron chi connectivity index (χ4n) is 3.14. The summed E-state index contributed by atoms with van der Waals surface area (Å²) in [5.41, 5.74) is 3.83. The van der Waals surface area contributed by atoms with E-state index < -0.39 is 5.97 Å². The third kappa shape index (κ3) is 4.48. The van der Waals surface area contributed by atoms with Crippen LogP contribution in [0.25, 0.3) is 11.1 Å². The number of oxazole rings is 1. The van der Waals surface area contributed by atoms with E-state index in [1.54, 1.807) is 7.11 Å². The first-order chi connectivity index (χ1) is 13.5. The van der Waals surface area contributed by atoms with Gasteiger partial charge in [0.1, 0.15) is 5.52 Å². The molecule has 0 unspecified atom stereocenters. The largest absolute Gasteiger partial charge is 0.457 e. The van der Waals surface area contributed by atoms with Crippen molar-refractivity contribution in [1.29, 1.82) is 0 Å². The maximum atomic E-state index is 12.4. The van der Waals surface area contributed by atoms with E-state index in [4.69, 9.17) is 13.9 Å². The first kappa shape index (κ1) is 19.8. The van der Waals surface area contributed by atoms with Crippen LogP contribution in [0.3, 0.4) is 0 Å². The molecule has 0 atom stereocenters. The Kier molecular flexibility index (Phi) is 6.26. The van der Waals surface area contributed by atoms with Crippen LogP contribution in [-0.4, -0.2) is 41.6 Å². The van der Waals surface area contributed by atoms with Crippen LogP contribution < -0.4 is 0 Å². The molecule has 28 heavy (non-hydrogen) atoms. The van der Waals surface area contributed by atoms with Crippen LogP contribution in [0.15, 0.2) is 34.7 Å². The number of ether oxygens (including phenoxy) is 2. The predicted molar refractivity (Wildman–Crippen MR) is 103 cm³/mol. The molecule has 0 fully saturated rings. The van der Waals surface area contributed by atoms with Gasteiger partial charge in [-0.05, 0) is 32.0 Å². The number of ketones is 1. The highest BCUT2D eigenvalue weighted by Gasteiger charge is 2.17. The minimum absolute atomic E-state index is 0.104. The number of hydrogen-bond acceptors (Lipinski definition) is 6. The Balaban J connectivity index is 1.52. The van der Waals surface area contributed by atoms with Crippen molar-refractivity contribution in [3.63, 3.8) is 0 Å². The Morgan fingerprint density at radius 1 is 1.21 bits per heavy atom. The van der Waals surface area contributed by atoms with Crippen molar-refractivity contribution in [2.45, 2.75) is 33.2 Å². The van der Waals surface area contributed by atoms with E-state index in [1.807, 2.05) is 48.7 Å². The SMILES string of the molecule is COCCn1c(C)cc(C(=O)COC(=O)CCc2nc3ccccc3o2)c1C. The number of nitrogens with zero attached hydrogens (tertiary/aromatic N) is 2. The Morgan fingerprint density at radius 3 is 2.75 bits per heavy atom. The number of carbonyl (C=O) groups excluding carboxylic acids is 2. The van der Waals surface area contributed by atoms with Crippen molar-refractivity contribution in [3.05, 3.63) is 53.2 Å². The lowest BCUT2D eigenvalue weighted by Gasteiger charge is -2.09. The van der Waals surface area contributed by atoms with E-state index in [9.17, 15) is 9.59 Å². The topological polar surface area (TPSA) is 83.6 Å². The number of para-hydroxylation sites is 2. The summed E-state index contributed by atoms with van der Waals surface area (Å²) in [4.78, 5) is 28.8. The summed E-state index contributed by atoms with van der Waals surface area (Å²) in [7, 11) is 1.64. The quantitative estimate of drug-likeness (QED) is 0.416. The molecule has 0 aliphatic carbocycles. The van der Waals surface area contributed by atoms with Crippen molar-refractivity contribution < 1.29 is 23.5 Å². The minimum Gasteiger partial charge on any atom is -0.457 e. The number of hydrogen-bond donors (Lipinski definition) is 0. The molecule has 0 N–H and O–H groups in total. The number of fused-ring (bicyclic) bond motifs is 1. The molecule has 7 heteroatoms. The summed E-state index contributed by atoms with van der Waals surface area (Å²) < 4.78 is 17.8. The molecule has 0 amide bonds. The number of methoxy groups -OCH3 is 1. The molecule has 148 valence electrons. The third-order valence-electron chi connectivity index (χ3n) is 4.64. The highest BCUT2D eigenvalue weighted by Crippen LogP contribution is 2.17. The molecule has 0 saturated heterocycles. The maximum Gasteiger partial charge on any atom is 0.306 e. The molecular formula is C21H24N2O5. The highest BCUT2D eigenvalue weighted by molar-refractivity contribution is 5.99. The molecule has 0 saturated carbocycles. The molecule has 0 radical (unpaired) electrons. The lowest BCUT2D eigenvalue weighted by molar-refractivity contribution is -0.142. The van der Waals surface area contributed by atoms with E-state index in [1.165, 1.54) is 0 Å². The van der Waals surface area contributed by atoms with Gasteiger partial charge < -0.3 is 18.5 Å². The molecule has 0 aliphatic rings. The summed E-state index contributed by atoms with van der Waals surface area (Å²) in [6, 6.07) is 9.23. The normalized spacial score (nSPS) is 11.1. The Hall–Kier alpha value is -2.93. The van der Waals surface area contributed by atoms with Gasteiger partial charge in [-0.3, -0.25) is 9.59 Å². The van der Waals surface area contributed by atoms with Gasteiger partial charge in [-0.1, -0.05) is 12.1 Å². The van der Waals surface area contributed by atoms with Crippen LogP contribution >= 0.6 is 0 Å². The number of esters is 1. The van der Waals surface area contributed by atoms with Gasteiger partial charge in [0.25, 0.3) is 0 Å². The van der Waals surface area contributed by atoms with Crippen molar-refractivity contribution in [2.24, 2.45) is 0 Å². The number of aromatic nitrogens is 2. The minimum atomic E-state index is -0.455. The molecule has 2 heterocycles. The Labute approximate surface area is 163 Å². The van der Waals surface area contributed by atoms with Gasteiger partial charge in [0, 0.05) is 37.0 Å². The second-order valence-corrected chi connectivity index (χ2v) is 6.59. The van der Waals surface area contributed by atoms with E-state index in [2.05, 4.69) is 4.98 Å². The van der Waals surface area contributed by atoms with Crippen molar-refractivity contribution in [1.82, 2.24) is 9.55 Å². The molecule has 1 aromatic carbocycles. The monoisotopic (exact) mass is 384 g/mol. The third-order valence-corrected chi connectivity index (χ3v) is 4.64. The number of carbonyl (C=O) groups is 2. The van der Waals surface area contributed by atoms with Crippen LogP contribution in [0.2, 0.25) is 0 Å². The van der Waals surface area contributed by atoms with Crippen LogP contribution in [0.1, 0.15) is 34.1 Å².